The van der Waals surface area contributed by atoms with E-state index >= 15 is 0 Å². The maximum atomic E-state index is 13.0. The molecule has 2 heterocycles. The van der Waals surface area contributed by atoms with Crippen molar-refractivity contribution in [3.63, 3.8) is 0 Å². The molecule has 0 saturated heterocycles. The van der Waals surface area contributed by atoms with Crippen molar-refractivity contribution in [3.05, 3.63) is 64.4 Å². The van der Waals surface area contributed by atoms with Gasteiger partial charge < -0.3 is 4.57 Å². The summed E-state index contributed by atoms with van der Waals surface area (Å²) < 4.78 is 1.84. The molecule has 4 heteroatoms. The molecule has 114 valence electrons. The van der Waals surface area contributed by atoms with E-state index < -0.39 is 0 Å². The summed E-state index contributed by atoms with van der Waals surface area (Å²) in [6.45, 7) is 4.58. The molecular formula is C19H16N2OS. The summed E-state index contributed by atoms with van der Waals surface area (Å²) in [6.07, 6.45) is 0. The summed E-state index contributed by atoms with van der Waals surface area (Å²) in [7, 11) is 0. The largest absolute Gasteiger partial charge is 0.308 e. The van der Waals surface area contributed by atoms with E-state index in [-0.39, 0.29) is 5.56 Å². The van der Waals surface area contributed by atoms with E-state index in [1.807, 2.05) is 54.8 Å². The molecule has 0 bridgehead atoms. The van der Waals surface area contributed by atoms with Crippen LogP contribution in [0, 0.1) is 0 Å². The van der Waals surface area contributed by atoms with Crippen LogP contribution in [0.4, 0.5) is 5.69 Å². The van der Waals surface area contributed by atoms with Crippen LogP contribution in [-0.2, 0) is 6.54 Å². The van der Waals surface area contributed by atoms with Crippen molar-refractivity contribution in [2.24, 2.45) is 4.99 Å². The third-order valence-electron chi connectivity index (χ3n) is 4.17. The molecule has 1 aliphatic heterocycles. The van der Waals surface area contributed by atoms with E-state index in [0.29, 0.717) is 6.54 Å². The molecular weight excluding hydrogens is 304 g/mol. The summed E-state index contributed by atoms with van der Waals surface area (Å²) in [6, 6.07) is 16.2. The Labute approximate surface area is 138 Å². The van der Waals surface area contributed by atoms with Gasteiger partial charge in [-0.1, -0.05) is 42.1 Å². The van der Waals surface area contributed by atoms with E-state index in [1.54, 1.807) is 11.8 Å². The lowest BCUT2D eigenvalue weighted by Gasteiger charge is -2.15. The number of nitrogens with zero attached hydrogens (tertiary/aromatic N) is 2. The van der Waals surface area contributed by atoms with Crippen LogP contribution in [-0.4, -0.2) is 10.3 Å². The Morgan fingerprint density at radius 1 is 1.09 bits per heavy atom. The highest BCUT2D eigenvalue weighted by molar-refractivity contribution is 7.99. The summed E-state index contributed by atoms with van der Waals surface area (Å²) in [5.41, 5.74) is 3.47. The first kappa shape index (κ1) is 14.3. The predicted octanol–water partition coefficient (Wildman–Crippen LogP) is 4.63. The highest BCUT2D eigenvalue weighted by atomic mass is 32.2. The van der Waals surface area contributed by atoms with Gasteiger partial charge in [0.25, 0.3) is 5.56 Å². The van der Waals surface area contributed by atoms with Crippen molar-refractivity contribution in [2.75, 3.05) is 0 Å². The molecule has 0 unspecified atom stereocenters. The van der Waals surface area contributed by atoms with Gasteiger partial charge in [-0.05, 0) is 32.0 Å². The number of aliphatic imine (C=N–C) groups is 1. The molecule has 0 N–H and O–H groups in total. The zero-order valence-corrected chi connectivity index (χ0v) is 13.9. The van der Waals surface area contributed by atoms with E-state index in [0.717, 1.165) is 37.7 Å². The van der Waals surface area contributed by atoms with Gasteiger partial charge in [-0.25, -0.2) is 0 Å². The topological polar surface area (TPSA) is 34.4 Å². The van der Waals surface area contributed by atoms with Crippen LogP contribution in [0.2, 0.25) is 0 Å². The maximum Gasteiger partial charge on any atom is 0.261 e. The van der Waals surface area contributed by atoms with Crippen molar-refractivity contribution in [1.82, 2.24) is 4.57 Å². The normalized spacial score (nSPS) is 13.2. The monoisotopic (exact) mass is 320 g/mol. The molecule has 4 rings (SSSR count). The molecule has 0 saturated carbocycles. The van der Waals surface area contributed by atoms with Crippen molar-refractivity contribution < 1.29 is 0 Å². The molecule has 23 heavy (non-hydrogen) atoms. The fraction of sp³-hybridized carbons (Fsp3) is 0.158. The lowest BCUT2D eigenvalue weighted by atomic mass is 10.1. The van der Waals surface area contributed by atoms with Gasteiger partial charge >= 0.3 is 0 Å². The third kappa shape index (κ3) is 2.13. The molecule has 1 aliphatic rings. The summed E-state index contributed by atoms with van der Waals surface area (Å²) in [5.74, 6) is 0. The summed E-state index contributed by atoms with van der Waals surface area (Å²) in [4.78, 5) is 19.9. The minimum Gasteiger partial charge on any atom is -0.308 e. The molecule has 3 nitrogen and oxygen atoms in total. The van der Waals surface area contributed by atoms with E-state index in [9.17, 15) is 4.79 Å². The SMILES string of the molecule is CCn1c(=O)c2c(c3ccccc31)Sc1ccccc1N=C2C. The number of aromatic nitrogens is 1. The van der Waals surface area contributed by atoms with E-state index in [2.05, 4.69) is 12.1 Å². The zero-order chi connectivity index (χ0) is 16.0. The minimum absolute atomic E-state index is 0.0442. The molecule has 0 amide bonds. The Hall–Kier alpha value is -2.33. The number of rotatable bonds is 1. The average Bonchev–Trinajstić information content (AvgIpc) is 2.71. The molecule has 1 aromatic heterocycles. The fourth-order valence-corrected chi connectivity index (χ4v) is 4.30. The van der Waals surface area contributed by atoms with Gasteiger partial charge in [0, 0.05) is 21.7 Å². The average molecular weight is 320 g/mol. The number of hydrogen-bond donors (Lipinski definition) is 0. The fourth-order valence-electron chi connectivity index (χ4n) is 3.10. The van der Waals surface area contributed by atoms with Gasteiger partial charge in [0.05, 0.1) is 22.5 Å². The second-order valence-corrected chi connectivity index (χ2v) is 6.59. The summed E-state index contributed by atoms with van der Waals surface area (Å²) >= 11 is 1.64. The number of para-hydroxylation sites is 2. The Morgan fingerprint density at radius 2 is 1.83 bits per heavy atom. The highest BCUT2D eigenvalue weighted by Crippen LogP contribution is 2.42. The van der Waals surface area contributed by atoms with E-state index in [1.165, 1.54) is 0 Å². The molecule has 0 atom stereocenters. The lowest BCUT2D eigenvalue weighted by molar-refractivity contribution is 0.754. The van der Waals surface area contributed by atoms with Crippen LogP contribution < -0.4 is 5.56 Å². The second kappa shape index (κ2) is 5.39. The van der Waals surface area contributed by atoms with Gasteiger partial charge in [-0.15, -0.1) is 0 Å². The smallest absolute Gasteiger partial charge is 0.261 e. The van der Waals surface area contributed by atoms with Crippen LogP contribution in [0.15, 0.2) is 68.1 Å². The van der Waals surface area contributed by atoms with Gasteiger partial charge in [-0.2, -0.15) is 0 Å². The van der Waals surface area contributed by atoms with Crippen LogP contribution in [0.5, 0.6) is 0 Å². The highest BCUT2D eigenvalue weighted by Gasteiger charge is 2.22. The molecule has 0 aliphatic carbocycles. The number of hydrogen-bond acceptors (Lipinski definition) is 3. The Kier molecular flexibility index (Phi) is 3.34. The molecule has 0 radical (unpaired) electrons. The first-order valence-electron chi connectivity index (χ1n) is 7.68. The van der Waals surface area contributed by atoms with Gasteiger partial charge in [0.15, 0.2) is 0 Å². The van der Waals surface area contributed by atoms with E-state index in [4.69, 9.17) is 4.99 Å². The van der Waals surface area contributed by atoms with Crippen LogP contribution in [0.1, 0.15) is 19.4 Å². The van der Waals surface area contributed by atoms with Gasteiger partial charge in [0.2, 0.25) is 0 Å². The van der Waals surface area contributed by atoms with Crippen molar-refractivity contribution >= 4 is 34.1 Å². The minimum atomic E-state index is 0.0442. The Balaban J connectivity index is 2.17. The van der Waals surface area contributed by atoms with Crippen LogP contribution in [0.25, 0.3) is 10.9 Å². The number of aryl methyl sites for hydroxylation is 1. The molecule has 0 spiro atoms. The first-order valence-corrected chi connectivity index (χ1v) is 8.50. The Bertz CT molecular complexity index is 1020. The standard InChI is InChI=1S/C19H16N2OS/c1-3-21-15-10-6-4-8-13(15)18-17(19(21)22)12(2)20-14-9-5-7-11-16(14)23-18/h4-11H,3H2,1-2H3. The first-order chi connectivity index (χ1) is 11.2. The van der Waals surface area contributed by atoms with Crippen molar-refractivity contribution in [3.8, 4) is 0 Å². The number of pyridine rings is 1. The van der Waals surface area contributed by atoms with Crippen molar-refractivity contribution in [2.45, 2.75) is 30.2 Å². The lowest BCUT2D eigenvalue weighted by Crippen LogP contribution is -2.26. The van der Waals surface area contributed by atoms with Gasteiger partial charge in [-0.3, -0.25) is 9.79 Å². The number of benzene rings is 2. The molecule has 3 aromatic rings. The van der Waals surface area contributed by atoms with Crippen LogP contribution in [0.3, 0.4) is 0 Å². The molecule has 2 aromatic carbocycles. The number of fused-ring (bicyclic) bond motifs is 4. The third-order valence-corrected chi connectivity index (χ3v) is 5.36. The Morgan fingerprint density at radius 3 is 2.65 bits per heavy atom. The van der Waals surface area contributed by atoms with Crippen LogP contribution >= 0.6 is 11.8 Å². The van der Waals surface area contributed by atoms with Crippen molar-refractivity contribution in [1.29, 1.82) is 0 Å². The molecule has 0 fully saturated rings. The quantitative estimate of drug-likeness (QED) is 0.655. The predicted molar refractivity (Wildman–Crippen MR) is 96.3 cm³/mol. The maximum absolute atomic E-state index is 13.0. The summed E-state index contributed by atoms with van der Waals surface area (Å²) in [5, 5.41) is 1.11. The van der Waals surface area contributed by atoms with Gasteiger partial charge in [0.1, 0.15) is 0 Å². The zero-order valence-electron chi connectivity index (χ0n) is 13.0. The second-order valence-electron chi connectivity index (χ2n) is 5.54.